The predicted molar refractivity (Wildman–Crippen MR) is 64.4 cm³/mol. The van der Waals surface area contributed by atoms with Gasteiger partial charge in [0.05, 0.1) is 0 Å². The molecule has 0 bridgehead atoms. The number of rotatable bonds is 6. The van der Waals surface area contributed by atoms with Crippen molar-refractivity contribution in [3.8, 4) is 0 Å². The number of benzene rings is 1. The Hall–Kier alpha value is -0.670. The smallest absolute Gasteiger partial charge is 0.312 e. The second-order valence-corrected chi connectivity index (χ2v) is 5.69. The van der Waals surface area contributed by atoms with E-state index in [0.717, 1.165) is 5.56 Å². The highest BCUT2D eigenvalue weighted by molar-refractivity contribution is 7.52. The number of hydrogen-bond donors (Lipinski definition) is 1. The van der Waals surface area contributed by atoms with Gasteiger partial charge in [-0.15, -0.1) is 0 Å². The van der Waals surface area contributed by atoms with Gasteiger partial charge in [0.2, 0.25) is 0 Å². The van der Waals surface area contributed by atoms with Crippen LogP contribution in [0.15, 0.2) is 30.3 Å². The molecule has 0 aromatic heterocycles. The van der Waals surface area contributed by atoms with Crippen molar-refractivity contribution in [2.45, 2.75) is 19.7 Å². The molecule has 0 amide bonds. The maximum Gasteiger partial charge on any atom is 0.328 e. The van der Waals surface area contributed by atoms with Crippen LogP contribution >= 0.6 is 7.60 Å². The van der Waals surface area contributed by atoms with Crippen LogP contribution in [-0.4, -0.2) is 20.0 Å². The van der Waals surface area contributed by atoms with E-state index in [2.05, 4.69) is 5.32 Å². The quantitative estimate of drug-likeness (QED) is 0.616. The Labute approximate surface area is 96.5 Å². The van der Waals surface area contributed by atoms with E-state index in [1.165, 1.54) is 13.8 Å². The zero-order valence-corrected chi connectivity index (χ0v) is 10.7. The molecule has 0 fully saturated rings. The van der Waals surface area contributed by atoms with Crippen LogP contribution in [-0.2, 0) is 20.2 Å². The van der Waals surface area contributed by atoms with E-state index in [1.807, 2.05) is 30.3 Å². The third kappa shape index (κ3) is 4.90. The van der Waals surface area contributed by atoms with Crippen molar-refractivity contribution < 1.29 is 13.6 Å². The molecule has 0 radical (unpaired) electrons. The van der Waals surface area contributed by atoms with Crippen LogP contribution in [0.3, 0.4) is 0 Å². The molecule has 0 aliphatic rings. The molecule has 0 saturated carbocycles. The average Bonchev–Trinajstić information content (AvgIpc) is 2.27. The normalized spacial score (nSPS) is 16.7. The van der Waals surface area contributed by atoms with Crippen molar-refractivity contribution in [1.82, 2.24) is 5.32 Å². The largest absolute Gasteiger partial charge is 0.328 e. The highest BCUT2D eigenvalue weighted by Crippen LogP contribution is 2.43. The minimum atomic E-state index is -2.91. The first-order valence-corrected chi connectivity index (χ1v) is 7.11. The molecule has 1 rings (SSSR count). The average molecular weight is 243 g/mol. The van der Waals surface area contributed by atoms with E-state index >= 15 is 0 Å². The summed E-state index contributed by atoms with van der Waals surface area (Å²) < 4.78 is 21.5. The first-order chi connectivity index (χ1) is 7.53. The van der Waals surface area contributed by atoms with Crippen LogP contribution in [0.25, 0.3) is 0 Å². The van der Waals surface area contributed by atoms with Gasteiger partial charge in [-0.2, -0.15) is 0 Å². The van der Waals surface area contributed by atoms with Gasteiger partial charge in [-0.05, 0) is 12.5 Å². The van der Waals surface area contributed by atoms with Crippen LogP contribution in [0.1, 0.15) is 12.5 Å². The van der Waals surface area contributed by atoms with E-state index in [4.69, 9.17) is 9.05 Å². The standard InChI is InChI=1S/C11H18NO3P/c1-10(15-16(3,13)14-2)12-9-11-7-5-4-6-8-11/h4-8,10,12H,9H2,1-3H3. The summed E-state index contributed by atoms with van der Waals surface area (Å²) in [7, 11) is -1.53. The molecular formula is C11H18NO3P. The lowest BCUT2D eigenvalue weighted by Crippen LogP contribution is -2.27. The summed E-state index contributed by atoms with van der Waals surface area (Å²) in [4.78, 5) is 0. The van der Waals surface area contributed by atoms with Gasteiger partial charge in [-0.25, -0.2) is 0 Å². The molecule has 90 valence electrons. The molecule has 0 aliphatic heterocycles. The zero-order chi connectivity index (χ0) is 12.0. The molecule has 0 heterocycles. The van der Waals surface area contributed by atoms with Crippen molar-refractivity contribution in [1.29, 1.82) is 0 Å². The zero-order valence-electron chi connectivity index (χ0n) is 9.84. The van der Waals surface area contributed by atoms with Crippen LogP contribution in [0.5, 0.6) is 0 Å². The summed E-state index contributed by atoms with van der Waals surface area (Å²) in [5.41, 5.74) is 1.15. The summed E-state index contributed by atoms with van der Waals surface area (Å²) in [6.07, 6.45) is -0.309. The topological polar surface area (TPSA) is 47.6 Å². The van der Waals surface area contributed by atoms with Gasteiger partial charge in [0, 0.05) is 20.3 Å². The van der Waals surface area contributed by atoms with Crippen molar-refractivity contribution in [2.75, 3.05) is 13.8 Å². The molecule has 2 unspecified atom stereocenters. The van der Waals surface area contributed by atoms with E-state index < -0.39 is 7.60 Å². The number of nitrogens with one attached hydrogen (secondary N) is 1. The Morgan fingerprint density at radius 2 is 2.00 bits per heavy atom. The summed E-state index contributed by atoms with van der Waals surface area (Å²) in [5, 5.41) is 3.11. The van der Waals surface area contributed by atoms with Crippen LogP contribution in [0.4, 0.5) is 0 Å². The molecule has 5 heteroatoms. The molecule has 1 aromatic rings. The van der Waals surface area contributed by atoms with Crippen LogP contribution in [0.2, 0.25) is 0 Å². The van der Waals surface area contributed by atoms with Gasteiger partial charge in [-0.1, -0.05) is 30.3 Å². The van der Waals surface area contributed by atoms with Gasteiger partial charge in [0.15, 0.2) is 0 Å². The molecular weight excluding hydrogens is 225 g/mol. The Balaban J connectivity index is 2.36. The summed E-state index contributed by atoms with van der Waals surface area (Å²) >= 11 is 0. The summed E-state index contributed by atoms with van der Waals surface area (Å²) in [5.74, 6) is 0. The fourth-order valence-corrected chi connectivity index (χ4v) is 1.96. The summed E-state index contributed by atoms with van der Waals surface area (Å²) in [6.45, 7) is 3.93. The second kappa shape index (κ2) is 6.16. The molecule has 1 N–H and O–H groups in total. The van der Waals surface area contributed by atoms with Crippen molar-refractivity contribution in [2.24, 2.45) is 0 Å². The molecule has 4 nitrogen and oxygen atoms in total. The summed E-state index contributed by atoms with van der Waals surface area (Å²) in [6, 6.07) is 9.95. The van der Waals surface area contributed by atoms with Crippen molar-refractivity contribution >= 4 is 7.60 Å². The third-order valence-corrected chi connectivity index (χ3v) is 3.48. The molecule has 1 aromatic carbocycles. The van der Waals surface area contributed by atoms with Crippen LogP contribution < -0.4 is 5.32 Å². The molecule has 16 heavy (non-hydrogen) atoms. The van der Waals surface area contributed by atoms with Gasteiger partial charge in [0.1, 0.15) is 6.23 Å². The minimum absolute atomic E-state index is 0.309. The lowest BCUT2D eigenvalue weighted by atomic mass is 10.2. The van der Waals surface area contributed by atoms with E-state index in [1.54, 1.807) is 6.92 Å². The lowest BCUT2D eigenvalue weighted by molar-refractivity contribution is 0.148. The fraction of sp³-hybridized carbons (Fsp3) is 0.455. The van der Waals surface area contributed by atoms with E-state index in [0.29, 0.717) is 6.54 Å². The first kappa shape index (κ1) is 13.4. The lowest BCUT2D eigenvalue weighted by Gasteiger charge is -2.18. The third-order valence-electron chi connectivity index (χ3n) is 2.12. The Kier molecular flexibility index (Phi) is 5.16. The monoisotopic (exact) mass is 243 g/mol. The first-order valence-electron chi connectivity index (χ1n) is 5.12. The predicted octanol–water partition coefficient (Wildman–Crippen LogP) is 2.61. The second-order valence-electron chi connectivity index (χ2n) is 3.57. The minimum Gasteiger partial charge on any atom is -0.312 e. The Morgan fingerprint density at radius 3 is 2.56 bits per heavy atom. The van der Waals surface area contributed by atoms with E-state index in [9.17, 15) is 4.57 Å². The maximum atomic E-state index is 11.5. The molecule has 0 aliphatic carbocycles. The van der Waals surface area contributed by atoms with E-state index in [-0.39, 0.29) is 6.23 Å². The Bertz CT molecular complexity index is 356. The molecule has 2 atom stereocenters. The Morgan fingerprint density at radius 1 is 1.38 bits per heavy atom. The highest BCUT2D eigenvalue weighted by atomic mass is 31.2. The SMILES string of the molecule is COP(C)(=O)OC(C)NCc1ccccc1. The van der Waals surface area contributed by atoms with Crippen molar-refractivity contribution in [3.63, 3.8) is 0 Å². The van der Waals surface area contributed by atoms with Crippen molar-refractivity contribution in [3.05, 3.63) is 35.9 Å². The van der Waals surface area contributed by atoms with Gasteiger partial charge in [0.25, 0.3) is 0 Å². The van der Waals surface area contributed by atoms with Gasteiger partial charge >= 0.3 is 7.60 Å². The highest BCUT2D eigenvalue weighted by Gasteiger charge is 2.18. The fourth-order valence-electron chi connectivity index (χ4n) is 1.22. The molecule has 0 saturated heterocycles. The number of hydrogen-bond acceptors (Lipinski definition) is 4. The van der Waals surface area contributed by atoms with Gasteiger partial charge < -0.3 is 4.52 Å². The maximum absolute atomic E-state index is 11.5. The van der Waals surface area contributed by atoms with Gasteiger partial charge in [-0.3, -0.25) is 14.4 Å². The molecule has 0 spiro atoms. The van der Waals surface area contributed by atoms with Crippen LogP contribution in [0, 0.1) is 0 Å².